The zero-order valence-corrected chi connectivity index (χ0v) is 23.2. The molecule has 0 aliphatic heterocycles. The quantitative estimate of drug-likeness (QED) is 0.204. The molecule has 4 N–H and O–H groups in total. The summed E-state index contributed by atoms with van der Waals surface area (Å²) >= 11 is 0. The summed E-state index contributed by atoms with van der Waals surface area (Å²) in [6, 6.07) is 17.7. The van der Waals surface area contributed by atoms with Crippen LogP contribution in [-0.2, 0) is 10.0 Å². The number of nitrogens with zero attached hydrogens (tertiary/aromatic N) is 1. The van der Waals surface area contributed by atoms with Crippen molar-refractivity contribution in [2.24, 2.45) is 0 Å². The monoisotopic (exact) mass is 566 g/mol. The number of hydrogen-bond acceptors (Lipinski definition) is 9. The van der Waals surface area contributed by atoms with E-state index < -0.39 is 27.8 Å². The lowest BCUT2D eigenvalue weighted by molar-refractivity contribution is 0.203. The number of benzene rings is 3. The molecule has 0 aliphatic carbocycles. The highest BCUT2D eigenvalue weighted by atomic mass is 32.2. The summed E-state index contributed by atoms with van der Waals surface area (Å²) in [7, 11) is -2.86. The zero-order chi connectivity index (χ0) is 28.9. The second kappa shape index (κ2) is 11.7. The molecule has 0 bridgehead atoms. The van der Waals surface area contributed by atoms with Gasteiger partial charge in [0.2, 0.25) is 0 Å². The number of aliphatic hydroxyl groups is 1. The van der Waals surface area contributed by atoms with Gasteiger partial charge in [0.15, 0.2) is 6.23 Å². The fourth-order valence-corrected chi connectivity index (χ4v) is 4.75. The van der Waals surface area contributed by atoms with Crippen molar-refractivity contribution < 1.29 is 32.2 Å². The first-order chi connectivity index (χ1) is 18.9. The van der Waals surface area contributed by atoms with Crippen LogP contribution >= 0.6 is 0 Å². The minimum absolute atomic E-state index is 0.0373. The Labute approximate surface area is 232 Å². The second-order valence-corrected chi connectivity index (χ2v) is 11.4. The molecule has 11 nitrogen and oxygen atoms in total. The molecule has 0 spiro atoms. The lowest BCUT2D eigenvalue weighted by atomic mass is 10.1. The number of aliphatic hydroxyl groups excluding tert-OH is 1. The first kappa shape index (κ1) is 28.5. The van der Waals surface area contributed by atoms with Crippen molar-refractivity contribution in [3.63, 3.8) is 0 Å². The summed E-state index contributed by atoms with van der Waals surface area (Å²) in [6.07, 6.45) is 1.34. The summed E-state index contributed by atoms with van der Waals surface area (Å²) in [6.45, 7) is 5.15. The van der Waals surface area contributed by atoms with Gasteiger partial charge in [0, 0.05) is 11.1 Å². The maximum Gasteiger partial charge on any atom is 0.329 e. The number of urea groups is 1. The van der Waals surface area contributed by atoms with Crippen LogP contribution in [0.4, 0.5) is 10.8 Å². The molecular formula is C28H30N4O7S. The van der Waals surface area contributed by atoms with Crippen LogP contribution in [0, 0.1) is 0 Å². The number of nitrogens with one attached hydrogen (secondary N) is 3. The third kappa shape index (κ3) is 7.30. The van der Waals surface area contributed by atoms with Crippen molar-refractivity contribution in [2.45, 2.75) is 37.4 Å². The number of carbonyl (C=O) groups is 1. The van der Waals surface area contributed by atoms with E-state index in [4.69, 9.17) is 13.9 Å². The highest BCUT2D eigenvalue weighted by Crippen LogP contribution is 2.34. The Morgan fingerprint density at radius 3 is 2.40 bits per heavy atom. The van der Waals surface area contributed by atoms with Gasteiger partial charge in [-0.05, 0) is 68.3 Å². The number of carbonyl (C=O) groups excluding carboxylic acids is 1. The van der Waals surface area contributed by atoms with Crippen LogP contribution in [-0.4, -0.2) is 37.2 Å². The van der Waals surface area contributed by atoms with Gasteiger partial charge in [-0.25, -0.2) is 22.9 Å². The average molecular weight is 567 g/mol. The van der Waals surface area contributed by atoms with Gasteiger partial charge in [-0.3, -0.25) is 0 Å². The molecule has 12 heteroatoms. The molecular weight excluding hydrogens is 536 g/mol. The maximum absolute atomic E-state index is 13.4. The highest BCUT2D eigenvalue weighted by molar-refractivity contribution is 7.90. The molecule has 210 valence electrons. The fourth-order valence-electron chi connectivity index (χ4n) is 3.68. The van der Waals surface area contributed by atoms with Gasteiger partial charge in [0.25, 0.3) is 16.0 Å². The summed E-state index contributed by atoms with van der Waals surface area (Å²) < 4.78 is 45.1. The van der Waals surface area contributed by atoms with Gasteiger partial charge in [-0.1, -0.05) is 30.3 Å². The number of ether oxygens (including phenoxy) is 2. The maximum atomic E-state index is 13.4. The van der Waals surface area contributed by atoms with E-state index in [1.165, 1.54) is 30.7 Å². The SMILES string of the molecule is COc1ccc(-c2cccc(Oc3ccc(C(O)Nc4ncco4)cc3S(=O)(=O)NC(=O)NC(C)(C)C)c2)cc1. The van der Waals surface area contributed by atoms with E-state index >= 15 is 0 Å². The zero-order valence-electron chi connectivity index (χ0n) is 22.3. The van der Waals surface area contributed by atoms with Gasteiger partial charge in [-0.2, -0.15) is 0 Å². The molecule has 40 heavy (non-hydrogen) atoms. The van der Waals surface area contributed by atoms with Crippen molar-refractivity contribution in [3.05, 3.63) is 84.8 Å². The number of oxazole rings is 1. The predicted molar refractivity (Wildman–Crippen MR) is 149 cm³/mol. The first-order valence-electron chi connectivity index (χ1n) is 12.2. The highest BCUT2D eigenvalue weighted by Gasteiger charge is 2.26. The van der Waals surface area contributed by atoms with Crippen molar-refractivity contribution in [1.82, 2.24) is 15.0 Å². The molecule has 0 aliphatic rings. The Balaban J connectivity index is 1.68. The van der Waals surface area contributed by atoms with Crippen LogP contribution in [0.5, 0.6) is 17.2 Å². The number of methoxy groups -OCH3 is 1. The van der Waals surface area contributed by atoms with Crippen LogP contribution in [0.15, 0.2) is 88.5 Å². The van der Waals surface area contributed by atoms with E-state index in [1.54, 1.807) is 46.1 Å². The Kier molecular flexibility index (Phi) is 8.31. The van der Waals surface area contributed by atoms with Crippen LogP contribution < -0.4 is 24.8 Å². The van der Waals surface area contributed by atoms with E-state index in [9.17, 15) is 18.3 Å². The third-order valence-electron chi connectivity index (χ3n) is 5.47. The van der Waals surface area contributed by atoms with Gasteiger partial charge < -0.3 is 29.6 Å². The molecule has 4 rings (SSSR count). The van der Waals surface area contributed by atoms with Crippen LogP contribution in [0.25, 0.3) is 11.1 Å². The van der Waals surface area contributed by atoms with Gasteiger partial charge in [0.1, 0.15) is 28.4 Å². The van der Waals surface area contributed by atoms with Crippen molar-refractivity contribution in [2.75, 3.05) is 12.4 Å². The molecule has 0 radical (unpaired) electrons. The van der Waals surface area contributed by atoms with E-state index in [0.29, 0.717) is 11.5 Å². The van der Waals surface area contributed by atoms with E-state index in [1.807, 2.05) is 35.1 Å². The van der Waals surface area contributed by atoms with E-state index in [0.717, 1.165) is 11.1 Å². The number of amides is 2. The molecule has 2 amide bonds. The van der Waals surface area contributed by atoms with Gasteiger partial charge in [0.05, 0.1) is 13.3 Å². The normalized spacial score (nSPS) is 12.3. The molecule has 4 aromatic rings. The van der Waals surface area contributed by atoms with E-state index in [2.05, 4.69) is 15.6 Å². The molecule has 0 fully saturated rings. The molecule has 1 aromatic heterocycles. The first-order valence-corrected chi connectivity index (χ1v) is 13.7. The Morgan fingerprint density at radius 1 is 1.00 bits per heavy atom. The Morgan fingerprint density at radius 2 is 1.75 bits per heavy atom. The minimum atomic E-state index is -4.45. The topological polar surface area (TPSA) is 152 Å². The Bertz CT molecular complexity index is 1570. The standard InChI is InChI=1S/C28H30N4O7S/c1-28(2,3)31-26(34)32-40(35,36)24-17-20(25(33)30-27-29-14-15-38-27)10-13-23(24)39-22-7-5-6-19(16-22)18-8-11-21(37-4)12-9-18/h5-17,25,33H,1-4H3,(H,29,30)(H2,31,32,34). The molecule has 1 heterocycles. The lowest BCUT2D eigenvalue weighted by Gasteiger charge is -2.21. The van der Waals surface area contributed by atoms with Crippen molar-refractivity contribution in [3.8, 4) is 28.4 Å². The largest absolute Gasteiger partial charge is 0.497 e. The third-order valence-corrected chi connectivity index (χ3v) is 6.82. The van der Waals surface area contributed by atoms with E-state index in [-0.39, 0.29) is 22.2 Å². The molecule has 1 atom stereocenters. The fraction of sp³-hybridized carbons (Fsp3) is 0.214. The van der Waals surface area contributed by atoms with Gasteiger partial charge >= 0.3 is 6.03 Å². The number of rotatable bonds is 9. The minimum Gasteiger partial charge on any atom is -0.497 e. The molecule has 3 aromatic carbocycles. The molecule has 0 saturated heterocycles. The number of sulfonamides is 1. The number of aromatic nitrogens is 1. The van der Waals surface area contributed by atoms with Crippen LogP contribution in [0.3, 0.4) is 0 Å². The van der Waals surface area contributed by atoms with Crippen molar-refractivity contribution >= 4 is 22.1 Å². The molecule has 1 unspecified atom stereocenters. The molecule has 0 saturated carbocycles. The summed E-state index contributed by atoms with van der Waals surface area (Å²) in [4.78, 5) is 16.0. The summed E-state index contributed by atoms with van der Waals surface area (Å²) in [5, 5.41) is 15.8. The van der Waals surface area contributed by atoms with Crippen LogP contribution in [0.1, 0.15) is 32.6 Å². The second-order valence-electron chi connectivity index (χ2n) is 9.76. The predicted octanol–water partition coefficient (Wildman–Crippen LogP) is 5.03. The number of anilines is 1. The summed E-state index contributed by atoms with van der Waals surface area (Å²) in [5.74, 6) is 1.01. The number of hydrogen-bond donors (Lipinski definition) is 4. The van der Waals surface area contributed by atoms with Gasteiger partial charge in [-0.15, -0.1) is 0 Å². The van der Waals surface area contributed by atoms with Crippen molar-refractivity contribution in [1.29, 1.82) is 0 Å². The lowest BCUT2D eigenvalue weighted by Crippen LogP contribution is -2.48. The Hall–Kier alpha value is -4.55. The van der Waals surface area contributed by atoms with Crippen LogP contribution in [0.2, 0.25) is 0 Å². The summed E-state index contributed by atoms with van der Waals surface area (Å²) in [5.41, 5.74) is 1.21. The average Bonchev–Trinajstić information content (AvgIpc) is 3.40. The smallest absolute Gasteiger partial charge is 0.329 e.